The van der Waals surface area contributed by atoms with E-state index in [1.54, 1.807) is 17.6 Å². The number of rotatable bonds is 6. The Kier molecular flexibility index (Phi) is 6.04. The largest absolute Gasteiger partial charge is 0.492 e. The van der Waals surface area contributed by atoms with Crippen LogP contribution in [0.25, 0.3) is 0 Å². The topological polar surface area (TPSA) is 63.8 Å². The molecule has 6 heteroatoms. The number of carbonyl (C=O) groups is 1. The monoisotopic (exact) mass is 422 g/mol. The van der Waals surface area contributed by atoms with E-state index in [1.165, 1.54) is 4.88 Å². The number of aliphatic imine (C=N–C) groups is 1. The lowest BCUT2D eigenvalue weighted by Crippen LogP contribution is -2.17. The minimum absolute atomic E-state index is 0.142. The van der Waals surface area contributed by atoms with Crippen molar-refractivity contribution in [3.05, 3.63) is 63.9 Å². The fraction of sp³-hybridized carbons (Fsp3) is 0.333. The molecule has 1 amide bonds. The lowest BCUT2D eigenvalue weighted by atomic mass is 9.88. The summed E-state index contributed by atoms with van der Waals surface area (Å²) in [5.41, 5.74) is 2.48. The van der Waals surface area contributed by atoms with Gasteiger partial charge in [-0.25, -0.2) is 4.99 Å². The molecule has 1 atom stereocenters. The number of benzene rings is 1. The second-order valence-corrected chi connectivity index (χ2v) is 8.71. The van der Waals surface area contributed by atoms with Crippen LogP contribution in [-0.2, 0) is 12.8 Å². The zero-order valence-corrected chi connectivity index (χ0v) is 18.3. The lowest BCUT2D eigenvalue weighted by Gasteiger charge is -2.19. The van der Waals surface area contributed by atoms with E-state index in [0.29, 0.717) is 35.3 Å². The number of nitrogens with one attached hydrogen (secondary N) is 1. The third-order valence-electron chi connectivity index (χ3n) is 5.23. The maximum Gasteiger partial charge on any atom is 0.259 e. The summed E-state index contributed by atoms with van der Waals surface area (Å²) < 4.78 is 11.3. The fourth-order valence-corrected chi connectivity index (χ4v) is 5.09. The van der Waals surface area contributed by atoms with Crippen LogP contribution in [0, 0.1) is 12.8 Å². The van der Waals surface area contributed by atoms with Crippen LogP contribution in [0.4, 0.5) is 10.7 Å². The molecule has 0 aliphatic heterocycles. The molecule has 0 spiro atoms. The number of thiophene rings is 1. The number of fused-ring (bicyclic) bond motifs is 1. The average molecular weight is 423 g/mol. The molecule has 0 radical (unpaired) electrons. The molecule has 1 aliphatic carbocycles. The van der Waals surface area contributed by atoms with E-state index in [2.05, 4.69) is 17.2 Å². The molecule has 3 aromatic rings. The first-order valence-electron chi connectivity index (χ1n) is 10.3. The molecule has 5 nitrogen and oxygen atoms in total. The first-order valence-corrected chi connectivity index (χ1v) is 11.1. The molecular weight excluding hydrogens is 396 g/mol. The Morgan fingerprint density at radius 1 is 1.33 bits per heavy atom. The third-order valence-corrected chi connectivity index (χ3v) is 6.39. The van der Waals surface area contributed by atoms with Crippen molar-refractivity contribution < 1.29 is 13.9 Å². The van der Waals surface area contributed by atoms with Crippen molar-refractivity contribution in [2.45, 2.75) is 40.0 Å². The molecule has 1 N–H and O–H groups in total. The molecule has 2 aromatic heterocycles. The Hall–Kier alpha value is -2.86. The van der Waals surface area contributed by atoms with Crippen LogP contribution in [0.15, 0.2) is 45.8 Å². The van der Waals surface area contributed by atoms with Crippen LogP contribution in [0.2, 0.25) is 0 Å². The first kappa shape index (κ1) is 20.4. The van der Waals surface area contributed by atoms with E-state index in [-0.39, 0.29) is 5.91 Å². The lowest BCUT2D eigenvalue weighted by molar-refractivity contribution is 0.102. The Morgan fingerprint density at radius 3 is 2.93 bits per heavy atom. The minimum atomic E-state index is -0.142. The highest BCUT2D eigenvalue weighted by Gasteiger charge is 2.28. The highest BCUT2D eigenvalue weighted by atomic mass is 32.1. The third kappa shape index (κ3) is 4.33. The molecule has 0 fully saturated rings. The zero-order chi connectivity index (χ0) is 21.1. The van der Waals surface area contributed by atoms with Crippen LogP contribution in [0.5, 0.6) is 5.75 Å². The van der Waals surface area contributed by atoms with Crippen molar-refractivity contribution >= 4 is 34.1 Å². The van der Waals surface area contributed by atoms with Gasteiger partial charge in [0.2, 0.25) is 0 Å². The van der Waals surface area contributed by atoms with Gasteiger partial charge in [-0.3, -0.25) is 4.79 Å². The number of aryl methyl sites for hydroxylation is 1. The fourth-order valence-electron chi connectivity index (χ4n) is 3.74. The van der Waals surface area contributed by atoms with Gasteiger partial charge >= 0.3 is 0 Å². The number of carbonyl (C=O) groups excluding carboxylic acids is 1. The van der Waals surface area contributed by atoms with E-state index in [0.717, 1.165) is 35.6 Å². The Morgan fingerprint density at radius 2 is 2.17 bits per heavy atom. The van der Waals surface area contributed by atoms with Gasteiger partial charge in [0.15, 0.2) is 0 Å². The van der Waals surface area contributed by atoms with Crippen LogP contribution in [0.3, 0.4) is 0 Å². The van der Waals surface area contributed by atoms with Crippen LogP contribution in [-0.4, -0.2) is 18.7 Å². The van der Waals surface area contributed by atoms with Crippen molar-refractivity contribution in [2.24, 2.45) is 10.9 Å². The van der Waals surface area contributed by atoms with E-state index >= 15 is 0 Å². The maximum atomic E-state index is 13.4. The predicted molar refractivity (Wildman–Crippen MR) is 122 cm³/mol. The summed E-state index contributed by atoms with van der Waals surface area (Å²) in [4.78, 5) is 19.3. The number of anilines is 1. The molecule has 156 valence electrons. The van der Waals surface area contributed by atoms with Crippen molar-refractivity contribution in [1.29, 1.82) is 0 Å². The molecule has 1 aromatic carbocycles. The van der Waals surface area contributed by atoms with Gasteiger partial charge in [-0.05, 0) is 68.9 Å². The Labute approximate surface area is 180 Å². The van der Waals surface area contributed by atoms with E-state index in [9.17, 15) is 4.79 Å². The highest BCUT2D eigenvalue weighted by Crippen LogP contribution is 2.41. The van der Waals surface area contributed by atoms with Crippen molar-refractivity contribution in [1.82, 2.24) is 0 Å². The van der Waals surface area contributed by atoms with Gasteiger partial charge in [-0.2, -0.15) is 0 Å². The van der Waals surface area contributed by atoms with Crippen molar-refractivity contribution in [2.75, 3.05) is 11.9 Å². The summed E-state index contributed by atoms with van der Waals surface area (Å²) in [7, 11) is 0. The van der Waals surface area contributed by atoms with Gasteiger partial charge in [0.25, 0.3) is 5.91 Å². The quantitative estimate of drug-likeness (QED) is 0.483. The van der Waals surface area contributed by atoms with Crippen LogP contribution in [0.1, 0.15) is 52.6 Å². The second kappa shape index (κ2) is 8.88. The molecule has 1 unspecified atom stereocenters. The standard InChI is InChI=1S/C24H26N2O3S/c1-4-28-20-8-6-5-7-19(20)26-23(27)22-18-12-9-15(2)13-21(18)30-24(22)25-14-17-11-10-16(3)29-17/h5-8,10-11,14-15H,4,9,12-13H2,1-3H3,(H,26,27). The number of furan rings is 1. The number of para-hydroxylation sites is 2. The second-order valence-electron chi connectivity index (χ2n) is 7.62. The van der Waals surface area contributed by atoms with Crippen LogP contribution < -0.4 is 10.1 Å². The Bertz CT molecular complexity index is 1080. The van der Waals surface area contributed by atoms with Gasteiger partial charge in [0, 0.05) is 4.88 Å². The molecule has 1 aliphatic rings. The SMILES string of the molecule is CCOc1ccccc1NC(=O)c1c(N=Cc2ccc(C)o2)sc2c1CCC(C)C2. The molecule has 0 bridgehead atoms. The van der Waals surface area contributed by atoms with E-state index in [4.69, 9.17) is 9.15 Å². The van der Waals surface area contributed by atoms with Gasteiger partial charge in [0.1, 0.15) is 22.3 Å². The normalized spacial score (nSPS) is 15.9. The van der Waals surface area contributed by atoms with Crippen molar-refractivity contribution in [3.63, 3.8) is 0 Å². The summed E-state index contributed by atoms with van der Waals surface area (Å²) >= 11 is 1.61. The molecule has 4 rings (SSSR count). The van der Waals surface area contributed by atoms with Crippen molar-refractivity contribution in [3.8, 4) is 5.75 Å². The summed E-state index contributed by atoms with van der Waals surface area (Å²) in [6, 6.07) is 11.3. The summed E-state index contributed by atoms with van der Waals surface area (Å²) in [5, 5.41) is 3.78. The van der Waals surface area contributed by atoms with Gasteiger partial charge < -0.3 is 14.5 Å². The summed E-state index contributed by atoms with van der Waals surface area (Å²) in [5.74, 6) is 2.66. The smallest absolute Gasteiger partial charge is 0.259 e. The number of hydrogen-bond donors (Lipinski definition) is 1. The Balaban J connectivity index is 1.69. The summed E-state index contributed by atoms with van der Waals surface area (Å²) in [6.07, 6.45) is 4.67. The number of ether oxygens (including phenoxy) is 1. The molecule has 0 saturated heterocycles. The van der Waals surface area contributed by atoms with E-state index < -0.39 is 0 Å². The first-order chi connectivity index (χ1) is 14.5. The number of amides is 1. The minimum Gasteiger partial charge on any atom is -0.492 e. The molecular formula is C24H26N2O3S. The highest BCUT2D eigenvalue weighted by molar-refractivity contribution is 7.16. The molecule has 0 saturated carbocycles. The van der Waals surface area contributed by atoms with E-state index in [1.807, 2.05) is 50.2 Å². The van der Waals surface area contributed by atoms with Gasteiger partial charge in [-0.1, -0.05) is 19.1 Å². The average Bonchev–Trinajstić information content (AvgIpc) is 3.30. The number of nitrogens with zero attached hydrogens (tertiary/aromatic N) is 1. The summed E-state index contributed by atoms with van der Waals surface area (Å²) in [6.45, 7) is 6.63. The predicted octanol–water partition coefficient (Wildman–Crippen LogP) is 6.18. The number of hydrogen-bond acceptors (Lipinski definition) is 5. The molecule has 30 heavy (non-hydrogen) atoms. The van der Waals surface area contributed by atoms with Crippen LogP contribution >= 0.6 is 11.3 Å². The zero-order valence-electron chi connectivity index (χ0n) is 17.5. The van der Waals surface area contributed by atoms with Gasteiger partial charge in [-0.15, -0.1) is 11.3 Å². The maximum absolute atomic E-state index is 13.4. The molecule has 2 heterocycles. The van der Waals surface area contributed by atoms with Gasteiger partial charge in [0.05, 0.1) is 24.1 Å².